The van der Waals surface area contributed by atoms with Crippen LogP contribution in [0, 0.1) is 0 Å². The zero-order chi connectivity index (χ0) is 14.9. The van der Waals surface area contributed by atoms with Crippen molar-refractivity contribution >= 4 is 0 Å². The van der Waals surface area contributed by atoms with Crippen LogP contribution in [0.4, 0.5) is 8.78 Å². The number of aromatic nitrogens is 1. The lowest BCUT2D eigenvalue weighted by Crippen LogP contribution is -2.22. The number of aliphatic hydroxyl groups excluding tert-OH is 1. The molecule has 0 aliphatic carbocycles. The van der Waals surface area contributed by atoms with Crippen molar-refractivity contribution in [2.75, 3.05) is 0 Å². The maximum Gasteiger partial charge on any atom is 0.339 e. The Morgan fingerprint density at radius 1 is 1.10 bits per heavy atom. The molecule has 1 atom stereocenters. The van der Waals surface area contributed by atoms with E-state index in [1.54, 1.807) is 30.3 Å². The molecule has 3 rings (SSSR count). The summed E-state index contributed by atoms with van der Waals surface area (Å²) in [6, 6.07) is 12.6. The van der Waals surface area contributed by atoms with E-state index in [0.29, 0.717) is 5.56 Å². The zero-order valence-electron chi connectivity index (χ0n) is 10.7. The summed E-state index contributed by atoms with van der Waals surface area (Å²) in [5.74, 6) is -4.60. The number of alkyl halides is 2. The maximum absolute atomic E-state index is 14.2. The molecule has 3 aromatic rings. The Hall–Kier alpha value is -2.47. The first-order chi connectivity index (χ1) is 10.1. The second kappa shape index (κ2) is 5.14. The Morgan fingerprint density at radius 2 is 1.86 bits per heavy atom. The lowest BCUT2D eigenvalue weighted by atomic mass is 10.1. The Labute approximate surface area is 118 Å². The minimum absolute atomic E-state index is 0.238. The highest BCUT2D eigenvalue weighted by Gasteiger charge is 2.46. The molecule has 1 unspecified atom stereocenters. The minimum atomic E-state index is -3.64. The molecule has 6 heteroatoms. The van der Waals surface area contributed by atoms with Gasteiger partial charge in [0.05, 0.1) is 6.26 Å². The highest BCUT2D eigenvalue weighted by Crippen LogP contribution is 2.41. The van der Waals surface area contributed by atoms with Crippen LogP contribution < -0.4 is 0 Å². The summed E-state index contributed by atoms with van der Waals surface area (Å²) in [5.41, 5.74) is 0.924. The van der Waals surface area contributed by atoms with Gasteiger partial charge in [0, 0.05) is 11.6 Å². The third-order valence-electron chi connectivity index (χ3n) is 3.06. The molecule has 21 heavy (non-hydrogen) atoms. The molecular formula is C15H11F2NO3. The molecule has 0 amide bonds. The van der Waals surface area contributed by atoms with Gasteiger partial charge in [-0.25, -0.2) is 0 Å². The van der Waals surface area contributed by atoms with Crippen molar-refractivity contribution in [3.05, 3.63) is 66.3 Å². The van der Waals surface area contributed by atoms with E-state index in [4.69, 9.17) is 8.94 Å². The summed E-state index contributed by atoms with van der Waals surface area (Å²) in [7, 11) is 0. The van der Waals surface area contributed by atoms with E-state index < -0.39 is 17.8 Å². The fourth-order valence-corrected chi connectivity index (χ4v) is 1.94. The molecule has 0 saturated heterocycles. The highest BCUT2D eigenvalue weighted by molar-refractivity contribution is 5.58. The highest BCUT2D eigenvalue weighted by atomic mass is 19.3. The van der Waals surface area contributed by atoms with Crippen LogP contribution in [0.1, 0.15) is 17.6 Å². The predicted octanol–water partition coefficient (Wildman–Crippen LogP) is 3.76. The Kier molecular flexibility index (Phi) is 3.31. The molecule has 108 valence electrons. The summed E-state index contributed by atoms with van der Waals surface area (Å²) < 4.78 is 37.9. The van der Waals surface area contributed by atoms with Crippen LogP contribution >= 0.6 is 0 Å². The molecular weight excluding hydrogens is 280 g/mol. The van der Waals surface area contributed by atoms with Gasteiger partial charge in [-0.1, -0.05) is 35.5 Å². The minimum Gasteiger partial charge on any atom is -0.466 e. The first kappa shape index (κ1) is 13.5. The fraction of sp³-hybridized carbons (Fsp3) is 0.133. The molecule has 0 spiro atoms. The smallest absolute Gasteiger partial charge is 0.339 e. The molecule has 1 N–H and O–H groups in total. The van der Waals surface area contributed by atoms with Crippen molar-refractivity contribution in [2.45, 2.75) is 12.0 Å². The van der Waals surface area contributed by atoms with Crippen LogP contribution in [0.2, 0.25) is 0 Å². The molecule has 2 aromatic heterocycles. The molecule has 0 aliphatic rings. The van der Waals surface area contributed by atoms with Crippen LogP contribution in [0.15, 0.2) is 63.7 Å². The molecule has 4 nitrogen and oxygen atoms in total. The molecule has 1 aromatic carbocycles. The maximum atomic E-state index is 14.2. The quantitative estimate of drug-likeness (QED) is 0.795. The van der Waals surface area contributed by atoms with Gasteiger partial charge in [0.25, 0.3) is 0 Å². The third-order valence-corrected chi connectivity index (χ3v) is 3.06. The van der Waals surface area contributed by atoms with Crippen LogP contribution in [-0.2, 0) is 5.92 Å². The van der Waals surface area contributed by atoms with E-state index in [-0.39, 0.29) is 11.5 Å². The average molecular weight is 291 g/mol. The van der Waals surface area contributed by atoms with Gasteiger partial charge in [0.15, 0.2) is 6.10 Å². The van der Waals surface area contributed by atoms with Gasteiger partial charge in [0.1, 0.15) is 11.5 Å². The van der Waals surface area contributed by atoms with Crippen molar-refractivity contribution < 1.29 is 22.8 Å². The number of halogens is 2. The van der Waals surface area contributed by atoms with E-state index >= 15 is 0 Å². The van der Waals surface area contributed by atoms with Gasteiger partial charge in [-0.05, 0) is 12.1 Å². The second-order valence-corrected chi connectivity index (χ2v) is 4.48. The molecule has 0 bridgehead atoms. The van der Waals surface area contributed by atoms with Gasteiger partial charge in [-0.2, -0.15) is 8.78 Å². The monoisotopic (exact) mass is 291 g/mol. The summed E-state index contributed by atoms with van der Waals surface area (Å²) >= 11 is 0. The summed E-state index contributed by atoms with van der Waals surface area (Å²) in [5, 5.41) is 13.4. The van der Waals surface area contributed by atoms with Gasteiger partial charge in [0.2, 0.25) is 5.76 Å². The Morgan fingerprint density at radius 3 is 2.52 bits per heavy atom. The first-order valence-corrected chi connectivity index (χ1v) is 6.21. The first-order valence-electron chi connectivity index (χ1n) is 6.21. The average Bonchev–Trinajstić information content (AvgIpc) is 3.19. The van der Waals surface area contributed by atoms with Gasteiger partial charge in [-0.15, -0.1) is 0 Å². The topological polar surface area (TPSA) is 59.4 Å². The van der Waals surface area contributed by atoms with Gasteiger partial charge >= 0.3 is 5.92 Å². The lowest BCUT2D eigenvalue weighted by Gasteiger charge is -2.17. The number of nitrogens with zero attached hydrogens (tertiary/aromatic N) is 1. The molecule has 0 saturated carbocycles. The van der Waals surface area contributed by atoms with E-state index in [9.17, 15) is 13.9 Å². The van der Waals surface area contributed by atoms with E-state index in [1.165, 1.54) is 18.4 Å². The van der Waals surface area contributed by atoms with Crippen molar-refractivity contribution in [3.63, 3.8) is 0 Å². The van der Waals surface area contributed by atoms with Crippen molar-refractivity contribution in [1.82, 2.24) is 5.16 Å². The lowest BCUT2D eigenvalue weighted by molar-refractivity contribution is -0.140. The van der Waals surface area contributed by atoms with Gasteiger partial charge < -0.3 is 14.0 Å². The number of hydrogen-bond donors (Lipinski definition) is 1. The van der Waals surface area contributed by atoms with Crippen LogP contribution in [-0.4, -0.2) is 10.3 Å². The van der Waals surface area contributed by atoms with Crippen molar-refractivity contribution in [1.29, 1.82) is 0 Å². The van der Waals surface area contributed by atoms with Crippen LogP contribution in [0.3, 0.4) is 0 Å². The molecule has 0 aliphatic heterocycles. The normalized spacial score (nSPS) is 13.3. The second-order valence-electron chi connectivity index (χ2n) is 4.48. The number of aliphatic hydroxyl groups is 1. The van der Waals surface area contributed by atoms with Crippen molar-refractivity contribution in [2.24, 2.45) is 0 Å². The Balaban J connectivity index is 1.92. The number of furan rings is 1. The molecule has 0 radical (unpaired) electrons. The largest absolute Gasteiger partial charge is 0.466 e. The summed E-state index contributed by atoms with van der Waals surface area (Å²) in [4.78, 5) is 0. The van der Waals surface area contributed by atoms with Crippen molar-refractivity contribution in [3.8, 4) is 11.3 Å². The standard InChI is InChI=1S/C15H11F2NO3/c16-15(17,14(19)12-7-4-8-20-12)13-9-11(18-21-13)10-5-2-1-3-6-10/h1-9,14,19H. The molecule has 0 fully saturated rings. The van der Waals surface area contributed by atoms with E-state index in [0.717, 1.165) is 6.07 Å². The number of rotatable bonds is 4. The van der Waals surface area contributed by atoms with E-state index in [1.807, 2.05) is 0 Å². The van der Waals surface area contributed by atoms with Crippen LogP contribution in [0.25, 0.3) is 11.3 Å². The molecule has 2 heterocycles. The third kappa shape index (κ3) is 2.45. The Bertz CT molecular complexity index is 708. The SMILES string of the molecule is OC(c1ccco1)C(F)(F)c1cc(-c2ccccc2)no1. The number of hydrogen-bond acceptors (Lipinski definition) is 4. The number of benzene rings is 1. The van der Waals surface area contributed by atoms with Crippen LogP contribution in [0.5, 0.6) is 0 Å². The fourth-order valence-electron chi connectivity index (χ4n) is 1.94. The predicted molar refractivity (Wildman–Crippen MR) is 69.5 cm³/mol. The van der Waals surface area contributed by atoms with Gasteiger partial charge in [-0.3, -0.25) is 0 Å². The summed E-state index contributed by atoms with van der Waals surface area (Å²) in [6.45, 7) is 0. The zero-order valence-corrected chi connectivity index (χ0v) is 10.7. The van der Waals surface area contributed by atoms with E-state index in [2.05, 4.69) is 5.16 Å². The summed E-state index contributed by atoms with van der Waals surface area (Å²) in [6.07, 6.45) is -0.922.